The number of methoxy groups -OCH3 is 1. The number of rotatable bonds is 8. The number of nitrogens with zero attached hydrogens (tertiary/aromatic N) is 2. The molecule has 8 heteroatoms. The van der Waals surface area contributed by atoms with E-state index in [0.29, 0.717) is 32.0 Å². The average molecular weight is 473 g/mol. The number of alkyl halides is 3. The second kappa shape index (κ2) is 12.2. The molecule has 1 N–H and O–H groups in total. The number of halogens is 4. The number of hydrogen-bond acceptors (Lipinski definition) is 2. The van der Waals surface area contributed by atoms with Crippen molar-refractivity contribution in [3.05, 3.63) is 29.8 Å². The monoisotopic (exact) mass is 473 g/mol. The van der Waals surface area contributed by atoms with Crippen LogP contribution in [0.1, 0.15) is 31.7 Å². The maximum atomic E-state index is 12.1. The first kappa shape index (κ1) is 23.8. The number of hydrogen-bond donors (Lipinski definition) is 1. The second-order valence-corrected chi connectivity index (χ2v) is 5.51. The third-order valence-corrected chi connectivity index (χ3v) is 3.41. The Hall–Kier alpha value is -1.19. The molecule has 0 aromatic heterocycles. The van der Waals surface area contributed by atoms with Crippen molar-refractivity contribution in [1.82, 2.24) is 10.2 Å². The highest BCUT2D eigenvalue weighted by Gasteiger charge is 2.25. The fourth-order valence-electron chi connectivity index (χ4n) is 2.17. The van der Waals surface area contributed by atoms with Crippen molar-refractivity contribution in [1.29, 1.82) is 0 Å². The minimum atomic E-state index is -4.08. The van der Waals surface area contributed by atoms with Crippen LogP contribution in [-0.2, 0) is 6.54 Å². The summed E-state index contributed by atoms with van der Waals surface area (Å²) in [6, 6.07) is 7.74. The van der Waals surface area contributed by atoms with E-state index in [1.54, 1.807) is 7.11 Å². The van der Waals surface area contributed by atoms with Crippen molar-refractivity contribution in [3.8, 4) is 5.75 Å². The van der Waals surface area contributed by atoms with Crippen LogP contribution in [0.5, 0.6) is 5.75 Å². The van der Waals surface area contributed by atoms with Crippen LogP contribution in [0, 0.1) is 0 Å². The van der Waals surface area contributed by atoms with E-state index in [1.165, 1.54) is 0 Å². The third kappa shape index (κ3) is 10.4. The highest BCUT2D eigenvalue weighted by Crippen LogP contribution is 2.22. The molecule has 0 aliphatic rings. The Kier molecular flexibility index (Phi) is 11.6. The molecular weight excluding hydrogens is 446 g/mol. The van der Waals surface area contributed by atoms with Crippen LogP contribution in [0.15, 0.2) is 29.3 Å². The van der Waals surface area contributed by atoms with E-state index in [4.69, 9.17) is 4.74 Å². The Bertz CT molecular complexity index is 507. The Balaban J connectivity index is 0.00000576. The smallest absolute Gasteiger partial charge is 0.389 e. The Labute approximate surface area is 164 Å². The molecule has 0 heterocycles. The zero-order chi connectivity index (χ0) is 18.0. The maximum absolute atomic E-state index is 12.1. The highest BCUT2D eigenvalue weighted by molar-refractivity contribution is 14.0. The van der Waals surface area contributed by atoms with Crippen molar-refractivity contribution in [2.45, 2.75) is 38.9 Å². The lowest BCUT2D eigenvalue weighted by Crippen LogP contribution is -2.38. The van der Waals surface area contributed by atoms with Crippen LogP contribution < -0.4 is 10.1 Å². The van der Waals surface area contributed by atoms with Gasteiger partial charge >= 0.3 is 6.18 Å². The molecule has 0 unspecified atom stereocenters. The van der Waals surface area contributed by atoms with Gasteiger partial charge < -0.3 is 15.0 Å². The third-order valence-electron chi connectivity index (χ3n) is 3.41. The van der Waals surface area contributed by atoms with Gasteiger partial charge in [-0.05, 0) is 37.5 Å². The van der Waals surface area contributed by atoms with Crippen LogP contribution in [0.4, 0.5) is 13.2 Å². The summed E-state index contributed by atoms with van der Waals surface area (Å²) in [4.78, 5) is 6.36. The molecule has 0 bridgehead atoms. The summed E-state index contributed by atoms with van der Waals surface area (Å²) in [7, 11) is 3.53. The zero-order valence-electron chi connectivity index (χ0n) is 14.9. The molecule has 1 aromatic rings. The molecule has 0 radical (unpaired) electrons. The molecule has 25 heavy (non-hydrogen) atoms. The van der Waals surface area contributed by atoms with E-state index in [-0.39, 0.29) is 30.4 Å². The molecular formula is C17H27F3IN3O. The van der Waals surface area contributed by atoms with Crippen LogP contribution in [0.2, 0.25) is 0 Å². The minimum Gasteiger partial charge on any atom is -0.497 e. The van der Waals surface area contributed by atoms with Crippen LogP contribution in [-0.4, -0.2) is 44.3 Å². The van der Waals surface area contributed by atoms with E-state index in [2.05, 4.69) is 10.3 Å². The van der Waals surface area contributed by atoms with Gasteiger partial charge in [0.15, 0.2) is 5.96 Å². The van der Waals surface area contributed by atoms with E-state index in [9.17, 15) is 13.2 Å². The molecule has 0 saturated carbocycles. The lowest BCUT2D eigenvalue weighted by molar-refractivity contribution is -0.135. The molecule has 0 aliphatic heterocycles. The van der Waals surface area contributed by atoms with Crippen LogP contribution in [0.3, 0.4) is 0 Å². The van der Waals surface area contributed by atoms with Crippen LogP contribution >= 0.6 is 24.0 Å². The summed E-state index contributed by atoms with van der Waals surface area (Å²) in [5, 5.41) is 3.16. The highest BCUT2D eigenvalue weighted by atomic mass is 127. The van der Waals surface area contributed by atoms with Crippen molar-refractivity contribution in [3.63, 3.8) is 0 Å². The summed E-state index contributed by atoms with van der Waals surface area (Å²) in [6.45, 7) is 3.69. The number of nitrogens with one attached hydrogen (secondary N) is 1. The number of unbranched alkanes of at least 4 members (excludes halogenated alkanes) is 1. The van der Waals surface area contributed by atoms with Gasteiger partial charge in [0, 0.05) is 33.1 Å². The lowest BCUT2D eigenvalue weighted by atomic mass is 10.2. The van der Waals surface area contributed by atoms with Gasteiger partial charge in [-0.2, -0.15) is 13.2 Å². The fourth-order valence-corrected chi connectivity index (χ4v) is 2.17. The number of benzene rings is 1. The van der Waals surface area contributed by atoms with Crippen molar-refractivity contribution in [2.75, 3.05) is 27.2 Å². The zero-order valence-corrected chi connectivity index (χ0v) is 17.2. The van der Waals surface area contributed by atoms with E-state index < -0.39 is 12.6 Å². The van der Waals surface area contributed by atoms with Gasteiger partial charge in [-0.3, -0.25) is 4.99 Å². The molecule has 1 rings (SSSR count). The Morgan fingerprint density at radius 2 is 1.84 bits per heavy atom. The lowest BCUT2D eigenvalue weighted by Gasteiger charge is -2.22. The normalized spacial score (nSPS) is 11.7. The number of aliphatic imine (C=N–C) groups is 1. The summed E-state index contributed by atoms with van der Waals surface area (Å²) >= 11 is 0. The average Bonchev–Trinajstić information content (AvgIpc) is 2.53. The maximum Gasteiger partial charge on any atom is 0.389 e. The van der Waals surface area contributed by atoms with Gasteiger partial charge in [0.1, 0.15) is 5.75 Å². The predicted octanol–water partition coefficient (Wildman–Crippen LogP) is 4.44. The molecule has 4 nitrogen and oxygen atoms in total. The molecule has 144 valence electrons. The predicted molar refractivity (Wildman–Crippen MR) is 106 cm³/mol. The fraction of sp³-hybridized carbons (Fsp3) is 0.588. The van der Waals surface area contributed by atoms with Gasteiger partial charge in [-0.25, -0.2) is 0 Å². The first-order valence-electron chi connectivity index (χ1n) is 8.05. The molecule has 0 spiro atoms. The first-order chi connectivity index (χ1) is 11.4. The SMILES string of the molecule is CCNC(=NCCCCC(F)(F)F)N(C)Cc1ccc(OC)cc1.I. The molecule has 0 atom stereocenters. The van der Waals surface area contributed by atoms with Gasteiger partial charge in [0.2, 0.25) is 0 Å². The Morgan fingerprint density at radius 3 is 2.36 bits per heavy atom. The molecule has 0 amide bonds. The topological polar surface area (TPSA) is 36.9 Å². The van der Waals surface area contributed by atoms with Gasteiger partial charge in [0.05, 0.1) is 7.11 Å². The van der Waals surface area contributed by atoms with Crippen LogP contribution in [0.25, 0.3) is 0 Å². The van der Waals surface area contributed by atoms with E-state index in [1.807, 2.05) is 43.1 Å². The molecule has 0 fully saturated rings. The largest absolute Gasteiger partial charge is 0.497 e. The summed E-state index contributed by atoms with van der Waals surface area (Å²) in [6.07, 6.45) is -4.31. The van der Waals surface area contributed by atoms with Crippen molar-refractivity contribution in [2.24, 2.45) is 4.99 Å². The van der Waals surface area contributed by atoms with E-state index in [0.717, 1.165) is 11.3 Å². The van der Waals surface area contributed by atoms with Crippen molar-refractivity contribution < 1.29 is 17.9 Å². The summed E-state index contributed by atoms with van der Waals surface area (Å²) < 4.78 is 41.5. The molecule has 1 aromatic carbocycles. The van der Waals surface area contributed by atoms with E-state index >= 15 is 0 Å². The molecule has 0 aliphatic carbocycles. The Morgan fingerprint density at radius 1 is 1.20 bits per heavy atom. The standard InChI is InChI=1S/C17H26F3N3O.HI/c1-4-21-16(22-12-6-5-11-17(18,19)20)23(2)13-14-7-9-15(24-3)10-8-14;/h7-10H,4-6,11-13H2,1-3H3,(H,21,22);1H. The quantitative estimate of drug-likeness (QED) is 0.263. The van der Waals surface area contributed by atoms with Crippen molar-refractivity contribution >= 4 is 29.9 Å². The van der Waals surface area contributed by atoms with Gasteiger partial charge in [0.25, 0.3) is 0 Å². The summed E-state index contributed by atoms with van der Waals surface area (Å²) in [5.41, 5.74) is 1.10. The van der Waals surface area contributed by atoms with Gasteiger partial charge in [-0.1, -0.05) is 12.1 Å². The second-order valence-electron chi connectivity index (χ2n) is 5.51. The number of ether oxygens (including phenoxy) is 1. The summed E-state index contributed by atoms with van der Waals surface area (Å²) in [5.74, 6) is 1.49. The van der Waals surface area contributed by atoms with Gasteiger partial charge in [-0.15, -0.1) is 24.0 Å². The number of guanidine groups is 1. The minimum absolute atomic E-state index is 0. The first-order valence-corrected chi connectivity index (χ1v) is 8.05. The molecule has 0 saturated heterocycles.